The van der Waals surface area contributed by atoms with Gasteiger partial charge in [-0.05, 0) is 25.0 Å². The molecule has 0 bridgehead atoms. The maximum Gasteiger partial charge on any atom is 0.255 e. The van der Waals surface area contributed by atoms with Crippen molar-refractivity contribution in [3.8, 4) is 5.75 Å². The molecule has 1 fully saturated rings. The van der Waals surface area contributed by atoms with Gasteiger partial charge in [-0.2, -0.15) is 0 Å². The molecule has 0 unspecified atom stereocenters. The minimum absolute atomic E-state index is 0.0474. The van der Waals surface area contributed by atoms with Crippen LogP contribution in [0.4, 0.5) is 0 Å². The average molecular weight is 290 g/mol. The first-order chi connectivity index (χ1) is 10.2. The Hall–Kier alpha value is -2.04. The van der Waals surface area contributed by atoms with Gasteiger partial charge >= 0.3 is 0 Å². The van der Waals surface area contributed by atoms with E-state index in [0.717, 1.165) is 25.9 Å². The summed E-state index contributed by atoms with van der Waals surface area (Å²) in [6.45, 7) is 1.95. The van der Waals surface area contributed by atoms with Crippen LogP contribution in [-0.4, -0.2) is 41.5 Å². The molecule has 0 aliphatic carbocycles. The van der Waals surface area contributed by atoms with Crippen LogP contribution in [0.2, 0.25) is 0 Å². The lowest BCUT2D eigenvalue weighted by Gasteiger charge is -2.20. The second kappa shape index (κ2) is 7.67. The van der Waals surface area contributed by atoms with E-state index in [0.29, 0.717) is 13.0 Å². The van der Waals surface area contributed by atoms with Crippen LogP contribution >= 0.6 is 0 Å². The van der Waals surface area contributed by atoms with Gasteiger partial charge in [0.1, 0.15) is 5.75 Å². The topological polar surface area (TPSA) is 69.6 Å². The van der Waals surface area contributed by atoms with Crippen molar-refractivity contribution in [2.75, 3.05) is 19.6 Å². The Balaban J connectivity index is 1.77. The van der Waals surface area contributed by atoms with Crippen molar-refractivity contribution in [2.45, 2.75) is 32.1 Å². The van der Waals surface area contributed by atoms with Crippen molar-refractivity contribution in [1.29, 1.82) is 0 Å². The van der Waals surface area contributed by atoms with E-state index < -0.39 is 0 Å². The highest BCUT2D eigenvalue weighted by atomic mass is 16.3. The molecular weight excluding hydrogens is 268 g/mol. The van der Waals surface area contributed by atoms with Gasteiger partial charge in [0.05, 0.1) is 5.56 Å². The van der Waals surface area contributed by atoms with E-state index in [1.54, 1.807) is 18.2 Å². The monoisotopic (exact) mass is 290 g/mol. The number of benzene rings is 1. The largest absolute Gasteiger partial charge is 0.507 e. The summed E-state index contributed by atoms with van der Waals surface area (Å²) in [6.07, 6.45) is 4.81. The van der Waals surface area contributed by atoms with E-state index in [4.69, 9.17) is 0 Å². The summed E-state index contributed by atoms with van der Waals surface area (Å²) in [5.41, 5.74) is 0.236. The van der Waals surface area contributed by atoms with Crippen molar-refractivity contribution in [2.24, 2.45) is 0 Å². The first-order valence-corrected chi connectivity index (χ1v) is 7.52. The van der Waals surface area contributed by atoms with Crippen molar-refractivity contribution >= 4 is 11.8 Å². The van der Waals surface area contributed by atoms with Gasteiger partial charge in [-0.25, -0.2) is 0 Å². The fraction of sp³-hybridized carbons (Fsp3) is 0.500. The number of aromatic hydroxyl groups is 1. The Morgan fingerprint density at radius 1 is 1.10 bits per heavy atom. The predicted molar refractivity (Wildman–Crippen MR) is 80.1 cm³/mol. The number of hydrogen-bond acceptors (Lipinski definition) is 3. The number of phenolic OH excluding ortho intramolecular Hbond substituents is 1. The van der Waals surface area contributed by atoms with Gasteiger partial charge < -0.3 is 15.3 Å². The Labute approximate surface area is 125 Å². The lowest BCUT2D eigenvalue weighted by Crippen LogP contribution is -2.35. The highest BCUT2D eigenvalue weighted by Crippen LogP contribution is 2.15. The Bertz CT molecular complexity index is 494. The third kappa shape index (κ3) is 4.48. The average Bonchev–Trinajstić information content (AvgIpc) is 2.76. The molecule has 0 aromatic heterocycles. The molecule has 5 nitrogen and oxygen atoms in total. The molecule has 1 aliphatic heterocycles. The zero-order valence-corrected chi connectivity index (χ0v) is 12.2. The van der Waals surface area contributed by atoms with Crippen LogP contribution in [0, 0.1) is 0 Å². The zero-order chi connectivity index (χ0) is 15.1. The summed E-state index contributed by atoms with van der Waals surface area (Å²) in [7, 11) is 0. The van der Waals surface area contributed by atoms with E-state index in [2.05, 4.69) is 5.32 Å². The number of hydrogen-bond donors (Lipinski definition) is 2. The van der Waals surface area contributed by atoms with Gasteiger partial charge in [-0.15, -0.1) is 0 Å². The summed E-state index contributed by atoms with van der Waals surface area (Å²) in [5, 5.41) is 12.3. The van der Waals surface area contributed by atoms with E-state index in [1.165, 1.54) is 18.9 Å². The smallest absolute Gasteiger partial charge is 0.255 e. The standard InChI is InChI=1S/C16H22N2O3/c19-14-8-4-3-7-13(14)16(21)17-10-9-15(20)18-11-5-1-2-6-12-18/h3-4,7-8,19H,1-2,5-6,9-12H2,(H,17,21). The van der Waals surface area contributed by atoms with E-state index >= 15 is 0 Å². The molecule has 1 aromatic rings. The maximum absolute atomic E-state index is 12.1. The van der Waals surface area contributed by atoms with Crippen LogP contribution in [0.5, 0.6) is 5.75 Å². The van der Waals surface area contributed by atoms with Crippen molar-refractivity contribution < 1.29 is 14.7 Å². The number of nitrogens with one attached hydrogen (secondary N) is 1. The zero-order valence-electron chi connectivity index (χ0n) is 12.2. The molecule has 0 spiro atoms. The molecule has 1 heterocycles. The summed E-state index contributed by atoms with van der Waals surface area (Å²) in [6, 6.07) is 6.38. The van der Waals surface area contributed by atoms with Crippen LogP contribution < -0.4 is 5.32 Å². The molecule has 2 rings (SSSR count). The summed E-state index contributed by atoms with van der Waals surface area (Å²) in [4.78, 5) is 25.8. The van der Waals surface area contributed by atoms with Gasteiger partial charge in [0.15, 0.2) is 0 Å². The summed E-state index contributed by atoms with van der Waals surface area (Å²) >= 11 is 0. The molecule has 0 radical (unpaired) electrons. The number of amides is 2. The molecule has 0 atom stereocenters. The molecule has 5 heteroatoms. The van der Waals surface area contributed by atoms with Gasteiger partial charge in [0.25, 0.3) is 5.91 Å². The minimum atomic E-state index is -0.350. The number of rotatable bonds is 4. The first-order valence-electron chi connectivity index (χ1n) is 7.52. The lowest BCUT2D eigenvalue weighted by molar-refractivity contribution is -0.131. The number of para-hydroxylation sites is 1. The first kappa shape index (κ1) is 15.4. The van der Waals surface area contributed by atoms with Gasteiger partial charge in [0, 0.05) is 26.1 Å². The van der Waals surface area contributed by atoms with Crippen molar-refractivity contribution in [1.82, 2.24) is 10.2 Å². The molecular formula is C16H22N2O3. The molecule has 2 N–H and O–H groups in total. The minimum Gasteiger partial charge on any atom is -0.507 e. The van der Waals surface area contributed by atoms with Crippen molar-refractivity contribution in [3.05, 3.63) is 29.8 Å². The normalized spacial score (nSPS) is 15.3. The van der Waals surface area contributed by atoms with E-state index in [-0.39, 0.29) is 23.1 Å². The molecule has 2 amide bonds. The molecule has 0 saturated carbocycles. The van der Waals surface area contributed by atoms with Crippen LogP contribution in [0.3, 0.4) is 0 Å². The number of nitrogens with zero attached hydrogens (tertiary/aromatic N) is 1. The molecule has 21 heavy (non-hydrogen) atoms. The second-order valence-corrected chi connectivity index (χ2v) is 5.32. The molecule has 1 saturated heterocycles. The van der Waals surface area contributed by atoms with Gasteiger partial charge in [0.2, 0.25) is 5.91 Å². The van der Waals surface area contributed by atoms with Gasteiger partial charge in [-0.3, -0.25) is 9.59 Å². The quantitative estimate of drug-likeness (QED) is 0.890. The fourth-order valence-corrected chi connectivity index (χ4v) is 2.52. The number of phenols is 1. The maximum atomic E-state index is 12.1. The number of carbonyl (C=O) groups is 2. The van der Waals surface area contributed by atoms with Crippen LogP contribution in [0.1, 0.15) is 42.5 Å². The van der Waals surface area contributed by atoms with Crippen LogP contribution in [0.25, 0.3) is 0 Å². The third-order valence-electron chi connectivity index (χ3n) is 3.73. The highest BCUT2D eigenvalue weighted by Gasteiger charge is 2.16. The highest BCUT2D eigenvalue weighted by molar-refractivity contribution is 5.96. The van der Waals surface area contributed by atoms with E-state index in [9.17, 15) is 14.7 Å². The summed E-state index contributed by atoms with van der Waals surface area (Å²) in [5.74, 6) is -0.305. The summed E-state index contributed by atoms with van der Waals surface area (Å²) < 4.78 is 0. The Morgan fingerprint density at radius 3 is 2.43 bits per heavy atom. The number of carbonyl (C=O) groups excluding carboxylic acids is 2. The fourth-order valence-electron chi connectivity index (χ4n) is 2.52. The lowest BCUT2D eigenvalue weighted by atomic mass is 10.2. The third-order valence-corrected chi connectivity index (χ3v) is 3.73. The SMILES string of the molecule is O=C(NCCC(=O)N1CCCCCC1)c1ccccc1O. The van der Waals surface area contributed by atoms with E-state index in [1.807, 2.05) is 4.90 Å². The Kier molecular flexibility index (Phi) is 5.60. The van der Waals surface area contributed by atoms with Crippen LogP contribution in [0.15, 0.2) is 24.3 Å². The predicted octanol–water partition coefficient (Wildman–Crippen LogP) is 1.91. The molecule has 1 aromatic carbocycles. The van der Waals surface area contributed by atoms with Gasteiger partial charge in [-0.1, -0.05) is 25.0 Å². The molecule has 1 aliphatic rings. The Morgan fingerprint density at radius 2 is 1.76 bits per heavy atom. The molecule has 114 valence electrons. The number of likely N-dealkylation sites (tertiary alicyclic amines) is 1. The van der Waals surface area contributed by atoms with Crippen molar-refractivity contribution in [3.63, 3.8) is 0 Å². The second-order valence-electron chi connectivity index (χ2n) is 5.32. The van der Waals surface area contributed by atoms with Crippen LogP contribution in [-0.2, 0) is 4.79 Å².